The Kier molecular flexibility index (Phi) is 4.60. The van der Waals surface area contributed by atoms with Gasteiger partial charge in [0.2, 0.25) is 0 Å². The van der Waals surface area contributed by atoms with Crippen molar-refractivity contribution in [2.75, 3.05) is 0 Å². The van der Waals surface area contributed by atoms with E-state index >= 15 is 0 Å². The van der Waals surface area contributed by atoms with Crippen LogP contribution in [0.1, 0.15) is 18.1 Å². The van der Waals surface area contributed by atoms with Gasteiger partial charge in [0.15, 0.2) is 0 Å². The number of hydrogen-bond acceptors (Lipinski definition) is 4. The lowest BCUT2D eigenvalue weighted by atomic mass is 9.92. The maximum atomic E-state index is 12.9. The summed E-state index contributed by atoms with van der Waals surface area (Å²) in [6.07, 6.45) is 0. The Labute approximate surface area is 158 Å². The van der Waals surface area contributed by atoms with Gasteiger partial charge in [-0.15, -0.1) is 0 Å². The molecule has 9 heteroatoms. The number of amides is 3. The molecule has 1 N–H and O–H groups in total. The number of carbonyl (C=O) groups excluding carboxylic acids is 2. The van der Waals surface area contributed by atoms with E-state index < -0.39 is 22.4 Å². The first-order valence-electron chi connectivity index (χ1n) is 7.56. The molecule has 0 radical (unpaired) electrons. The van der Waals surface area contributed by atoms with E-state index in [2.05, 4.69) is 5.32 Å². The van der Waals surface area contributed by atoms with Gasteiger partial charge in [-0.05, 0) is 19.1 Å². The fourth-order valence-corrected chi connectivity index (χ4v) is 3.51. The molecule has 0 aliphatic carbocycles. The molecule has 0 bridgehead atoms. The van der Waals surface area contributed by atoms with Gasteiger partial charge in [-0.3, -0.25) is 19.8 Å². The fourth-order valence-electron chi connectivity index (χ4n) is 2.91. The third kappa shape index (κ3) is 3.00. The second-order valence-corrected chi connectivity index (χ2v) is 6.80. The molecule has 1 heterocycles. The van der Waals surface area contributed by atoms with Crippen LogP contribution < -0.4 is 5.32 Å². The van der Waals surface area contributed by atoms with Crippen LogP contribution in [0.25, 0.3) is 0 Å². The topological polar surface area (TPSA) is 92.6 Å². The Morgan fingerprint density at radius 2 is 1.88 bits per heavy atom. The molecule has 1 fully saturated rings. The van der Waals surface area contributed by atoms with Crippen LogP contribution in [0.4, 0.5) is 10.5 Å². The molecule has 134 valence electrons. The first-order chi connectivity index (χ1) is 12.2. The number of halogens is 2. The van der Waals surface area contributed by atoms with Crippen molar-refractivity contribution in [1.82, 2.24) is 10.2 Å². The molecule has 7 nitrogen and oxygen atoms in total. The molecule has 2 aromatic carbocycles. The van der Waals surface area contributed by atoms with Crippen LogP contribution in [0.3, 0.4) is 0 Å². The molecule has 1 aliphatic rings. The van der Waals surface area contributed by atoms with Crippen LogP contribution in [-0.2, 0) is 16.9 Å². The highest BCUT2D eigenvalue weighted by Gasteiger charge is 2.50. The van der Waals surface area contributed by atoms with Crippen molar-refractivity contribution in [2.24, 2.45) is 0 Å². The first kappa shape index (κ1) is 18.2. The first-order valence-corrected chi connectivity index (χ1v) is 8.31. The van der Waals surface area contributed by atoms with Gasteiger partial charge in [0.1, 0.15) is 5.54 Å². The number of nitro groups is 1. The molecular weight excluding hydrogens is 381 g/mol. The van der Waals surface area contributed by atoms with Crippen LogP contribution in [0.15, 0.2) is 42.5 Å². The van der Waals surface area contributed by atoms with Crippen molar-refractivity contribution < 1.29 is 14.5 Å². The largest absolute Gasteiger partial charge is 0.325 e. The summed E-state index contributed by atoms with van der Waals surface area (Å²) in [6, 6.07) is 9.92. The second kappa shape index (κ2) is 6.59. The number of benzene rings is 2. The van der Waals surface area contributed by atoms with Crippen LogP contribution in [0.5, 0.6) is 0 Å². The molecule has 1 saturated heterocycles. The summed E-state index contributed by atoms with van der Waals surface area (Å²) in [5.41, 5.74) is -0.895. The van der Waals surface area contributed by atoms with Crippen molar-refractivity contribution in [2.45, 2.75) is 19.0 Å². The molecule has 1 aliphatic heterocycles. The summed E-state index contributed by atoms with van der Waals surface area (Å²) >= 11 is 12.1. The number of carbonyl (C=O) groups is 2. The molecule has 0 aromatic heterocycles. The maximum Gasteiger partial charge on any atom is 0.325 e. The molecular formula is C17H13Cl2N3O4. The van der Waals surface area contributed by atoms with Gasteiger partial charge < -0.3 is 5.32 Å². The molecule has 0 spiro atoms. The van der Waals surface area contributed by atoms with E-state index in [1.807, 2.05) is 0 Å². The molecule has 3 rings (SSSR count). The van der Waals surface area contributed by atoms with Crippen molar-refractivity contribution in [3.8, 4) is 0 Å². The summed E-state index contributed by atoms with van der Waals surface area (Å²) in [6.45, 7) is 1.31. The maximum absolute atomic E-state index is 12.9. The van der Waals surface area contributed by atoms with E-state index in [1.165, 1.54) is 31.2 Å². The number of rotatable bonds is 4. The lowest BCUT2D eigenvalue weighted by Gasteiger charge is -2.23. The Morgan fingerprint density at radius 3 is 2.54 bits per heavy atom. The minimum atomic E-state index is -1.39. The summed E-state index contributed by atoms with van der Waals surface area (Å²) in [5, 5.41) is 14.4. The van der Waals surface area contributed by atoms with Gasteiger partial charge in [0.25, 0.3) is 11.6 Å². The van der Waals surface area contributed by atoms with E-state index in [1.54, 1.807) is 18.2 Å². The number of urea groups is 1. The zero-order valence-electron chi connectivity index (χ0n) is 13.5. The average molecular weight is 394 g/mol. The van der Waals surface area contributed by atoms with Gasteiger partial charge in [0.05, 0.1) is 11.5 Å². The Balaban J connectivity index is 1.96. The third-order valence-electron chi connectivity index (χ3n) is 4.26. The zero-order valence-corrected chi connectivity index (χ0v) is 15.0. The smallest absolute Gasteiger partial charge is 0.319 e. The number of nitrogens with zero attached hydrogens (tertiary/aromatic N) is 2. The summed E-state index contributed by atoms with van der Waals surface area (Å²) in [7, 11) is 0. The highest BCUT2D eigenvalue weighted by molar-refractivity contribution is 6.35. The molecule has 2 aromatic rings. The number of imide groups is 1. The summed E-state index contributed by atoms with van der Waals surface area (Å²) in [4.78, 5) is 36.9. The lowest BCUT2D eigenvalue weighted by molar-refractivity contribution is -0.385. The Morgan fingerprint density at radius 1 is 1.19 bits per heavy atom. The number of nitrogens with one attached hydrogen (secondary N) is 1. The van der Waals surface area contributed by atoms with Gasteiger partial charge in [0, 0.05) is 27.2 Å². The lowest BCUT2D eigenvalue weighted by Crippen LogP contribution is -2.41. The van der Waals surface area contributed by atoms with Crippen LogP contribution in [0, 0.1) is 10.1 Å². The zero-order chi connectivity index (χ0) is 19.1. The second-order valence-electron chi connectivity index (χ2n) is 5.96. The minimum absolute atomic E-state index is 0.161. The average Bonchev–Trinajstić information content (AvgIpc) is 2.79. The summed E-state index contributed by atoms with van der Waals surface area (Å²) < 4.78 is 0. The van der Waals surface area contributed by atoms with Crippen molar-refractivity contribution in [3.63, 3.8) is 0 Å². The molecule has 1 atom stereocenters. The highest BCUT2D eigenvalue weighted by atomic mass is 35.5. The van der Waals surface area contributed by atoms with E-state index in [0.29, 0.717) is 10.6 Å². The van der Waals surface area contributed by atoms with E-state index in [4.69, 9.17) is 23.2 Å². The third-order valence-corrected chi connectivity index (χ3v) is 4.81. The van der Waals surface area contributed by atoms with Crippen molar-refractivity contribution >= 4 is 40.8 Å². The van der Waals surface area contributed by atoms with E-state index in [0.717, 1.165) is 4.90 Å². The highest BCUT2D eigenvalue weighted by Crippen LogP contribution is 2.36. The van der Waals surface area contributed by atoms with Crippen molar-refractivity contribution in [3.05, 3.63) is 73.8 Å². The van der Waals surface area contributed by atoms with E-state index in [-0.39, 0.29) is 22.8 Å². The van der Waals surface area contributed by atoms with Gasteiger partial charge in [-0.2, -0.15) is 0 Å². The van der Waals surface area contributed by atoms with E-state index in [9.17, 15) is 19.7 Å². The van der Waals surface area contributed by atoms with Gasteiger partial charge in [-0.1, -0.05) is 47.5 Å². The Hall–Kier alpha value is -2.64. The minimum Gasteiger partial charge on any atom is -0.319 e. The quantitative estimate of drug-likeness (QED) is 0.484. The van der Waals surface area contributed by atoms with Crippen LogP contribution in [-0.4, -0.2) is 21.8 Å². The van der Waals surface area contributed by atoms with Gasteiger partial charge in [-0.25, -0.2) is 4.79 Å². The monoisotopic (exact) mass is 393 g/mol. The van der Waals surface area contributed by atoms with Crippen molar-refractivity contribution in [1.29, 1.82) is 0 Å². The van der Waals surface area contributed by atoms with Crippen LogP contribution in [0.2, 0.25) is 10.0 Å². The number of para-hydroxylation sites is 1. The molecule has 26 heavy (non-hydrogen) atoms. The number of nitro benzene ring substituents is 1. The Bertz CT molecular complexity index is 934. The predicted octanol–water partition coefficient (Wildman–Crippen LogP) is 3.87. The number of hydrogen-bond donors (Lipinski definition) is 1. The summed E-state index contributed by atoms with van der Waals surface area (Å²) in [5.74, 6) is -0.551. The fraction of sp³-hybridized carbons (Fsp3) is 0.176. The van der Waals surface area contributed by atoms with Crippen LogP contribution >= 0.6 is 23.2 Å². The molecule has 1 unspecified atom stereocenters. The predicted molar refractivity (Wildman–Crippen MR) is 96.0 cm³/mol. The van der Waals surface area contributed by atoms with Gasteiger partial charge >= 0.3 is 6.03 Å². The standard InChI is InChI=1S/C17H13Cl2N3O4/c1-17(12-7-6-11(18)8-13(12)19)15(23)21(16(24)20-17)9-10-4-2-3-5-14(10)22(25)26/h2-8H,9H2,1H3,(H,20,24). The molecule has 0 saturated carbocycles. The molecule has 3 amide bonds. The SMILES string of the molecule is CC1(c2ccc(Cl)cc2Cl)NC(=O)N(Cc2ccccc2[N+](=O)[O-])C1=O. The normalized spacial score (nSPS) is 19.6.